The van der Waals surface area contributed by atoms with Crippen molar-refractivity contribution >= 4 is 22.5 Å². The molecule has 5 heteroatoms. The van der Waals surface area contributed by atoms with Gasteiger partial charge in [-0.05, 0) is 32.0 Å². The summed E-state index contributed by atoms with van der Waals surface area (Å²) >= 11 is 0. The third-order valence-corrected chi connectivity index (χ3v) is 3.08. The molecule has 0 aliphatic rings. The van der Waals surface area contributed by atoms with Crippen LogP contribution >= 0.6 is 0 Å². The van der Waals surface area contributed by atoms with Crippen molar-refractivity contribution in [1.29, 1.82) is 0 Å². The van der Waals surface area contributed by atoms with Gasteiger partial charge >= 0.3 is 0 Å². The molecule has 2 aromatic heterocycles. The number of para-hydroxylation sites is 1. The van der Waals surface area contributed by atoms with Crippen molar-refractivity contribution in [3.63, 3.8) is 0 Å². The maximum atomic E-state index is 12.5. The second-order valence-electron chi connectivity index (χ2n) is 4.78. The van der Waals surface area contributed by atoms with Gasteiger partial charge in [0.15, 0.2) is 0 Å². The second-order valence-corrected chi connectivity index (χ2v) is 4.78. The average Bonchev–Trinajstić information content (AvgIpc) is 2.46. The summed E-state index contributed by atoms with van der Waals surface area (Å²) in [6.45, 7) is 3.65. The number of nitrogens with zero attached hydrogens (tertiary/aromatic N) is 3. The van der Waals surface area contributed by atoms with E-state index in [-0.39, 0.29) is 5.91 Å². The van der Waals surface area contributed by atoms with E-state index < -0.39 is 0 Å². The molecule has 1 amide bonds. The molecule has 0 aliphatic carbocycles. The van der Waals surface area contributed by atoms with Gasteiger partial charge in [0, 0.05) is 23.0 Å². The van der Waals surface area contributed by atoms with Crippen LogP contribution < -0.4 is 5.32 Å². The minimum atomic E-state index is -0.248. The van der Waals surface area contributed by atoms with Gasteiger partial charge in [-0.25, -0.2) is 9.97 Å². The first kappa shape index (κ1) is 13.2. The topological polar surface area (TPSA) is 67.8 Å². The molecule has 1 aromatic carbocycles. The number of aryl methyl sites for hydroxylation is 2. The molecule has 0 atom stereocenters. The third kappa shape index (κ3) is 2.72. The first-order valence-electron chi connectivity index (χ1n) is 6.61. The Balaban J connectivity index is 2.02. The van der Waals surface area contributed by atoms with Crippen LogP contribution in [0.3, 0.4) is 0 Å². The molecule has 0 spiro atoms. The molecule has 5 nitrogen and oxygen atoms in total. The van der Waals surface area contributed by atoms with E-state index in [0.717, 1.165) is 16.6 Å². The average molecular weight is 278 g/mol. The summed E-state index contributed by atoms with van der Waals surface area (Å²) in [6.07, 6.45) is 1.66. The zero-order valence-electron chi connectivity index (χ0n) is 11.8. The van der Waals surface area contributed by atoms with Crippen molar-refractivity contribution in [1.82, 2.24) is 15.0 Å². The van der Waals surface area contributed by atoms with Crippen molar-refractivity contribution in [2.75, 3.05) is 5.32 Å². The zero-order chi connectivity index (χ0) is 14.8. The summed E-state index contributed by atoms with van der Waals surface area (Å²) in [5, 5.41) is 3.59. The van der Waals surface area contributed by atoms with E-state index in [0.29, 0.717) is 17.2 Å². The highest BCUT2D eigenvalue weighted by atomic mass is 16.1. The van der Waals surface area contributed by atoms with E-state index in [1.165, 1.54) is 0 Å². The fourth-order valence-corrected chi connectivity index (χ4v) is 2.18. The Morgan fingerprint density at radius 2 is 1.90 bits per heavy atom. The molecule has 21 heavy (non-hydrogen) atoms. The molecule has 1 N–H and O–H groups in total. The number of rotatable bonds is 2. The molecule has 2 heterocycles. The van der Waals surface area contributed by atoms with E-state index in [1.807, 2.05) is 37.3 Å². The Kier molecular flexibility index (Phi) is 3.31. The van der Waals surface area contributed by atoms with Gasteiger partial charge in [0.05, 0.1) is 5.52 Å². The van der Waals surface area contributed by atoms with Crippen molar-refractivity contribution in [3.05, 3.63) is 59.8 Å². The van der Waals surface area contributed by atoms with Crippen molar-refractivity contribution in [3.8, 4) is 0 Å². The number of anilines is 1. The van der Waals surface area contributed by atoms with Crippen LogP contribution in [0.4, 0.5) is 5.69 Å². The number of hydrogen-bond donors (Lipinski definition) is 1. The van der Waals surface area contributed by atoms with Gasteiger partial charge in [-0.1, -0.05) is 18.2 Å². The molecule has 3 rings (SSSR count). The Bertz CT molecular complexity index is 829. The van der Waals surface area contributed by atoms with Gasteiger partial charge in [-0.15, -0.1) is 0 Å². The molecule has 104 valence electrons. The minimum Gasteiger partial charge on any atom is -0.321 e. The summed E-state index contributed by atoms with van der Waals surface area (Å²) in [4.78, 5) is 25.2. The van der Waals surface area contributed by atoms with Crippen LogP contribution in [0.5, 0.6) is 0 Å². The Morgan fingerprint density at radius 1 is 1.10 bits per heavy atom. The van der Waals surface area contributed by atoms with Gasteiger partial charge in [0.25, 0.3) is 5.91 Å². The quantitative estimate of drug-likeness (QED) is 0.782. The van der Waals surface area contributed by atoms with Crippen LogP contribution in [-0.4, -0.2) is 20.9 Å². The molecule has 0 bridgehead atoms. The largest absolute Gasteiger partial charge is 0.321 e. The maximum Gasteiger partial charge on any atom is 0.275 e. The highest BCUT2D eigenvalue weighted by Gasteiger charge is 2.13. The summed E-state index contributed by atoms with van der Waals surface area (Å²) in [6, 6.07) is 11.0. The van der Waals surface area contributed by atoms with E-state index in [4.69, 9.17) is 0 Å². The molecule has 0 aliphatic heterocycles. The van der Waals surface area contributed by atoms with Gasteiger partial charge < -0.3 is 5.32 Å². The van der Waals surface area contributed by atoms with Gasteiger partial charge in [-0.3, -0.25) is 9.78 Å². The lowest BCUT2D eigenvalue weighted by Crippen LogP contribution is -2.15. The normalized spacial score (nSPS) is 10.6. The summed E-state index contributed by atoms with van der Waals surface area (Å²) < 4.78 is 0. The Labute approximate surface area is 122 Å². The van der Waals surface area contributed by atoms with Crippen LogP contribution in [0.15, 0.2) is 42.6 Å². The fourth-order valence-electron chi connectivity index (χ4n) is 2.18. The Morgan fingerprint density at radius 3 is 2.71 bits per heavy atom. The molecular formula is C16H14N4O. The molecule has 0 fully saturated rings. The minimum absolute atomic E-state index is 0.248. The highest BCUT2D eigenvalue weighted by molar-refractivity contribution is 6.10. The van der Waals surface area contributed by atoms with Gasteiger partial charge in [-0.2, -0.15) is 0 Å². The SMILES string of the molecule is Cc1cc(NC(=O)c2nc(C)nc3ccccc23)ccn1. The number of carbonyl (C=O) groups excluding carboxylic acids is 1. The standard InChI is InChI=1S/C16H14N4O/c1-10-9-12(7-8-17-10)20-16(21)15-13-5-3-4-6-14(13)18-11(2)19-15/h3-9H,1-2H3,(H,17,20,21). The van der Waals surface area contributed by atoms with E-state index in [2.05, 4.69) is 20.3 Å². The first-order chi connectivity index (χ1) is 10.1. The van der Waals surface area contributed by atoms with Gasteiger partial charge in [0.1, 0.15) is 11.5 Å². The molecule has 0 radical (unpaired) electrons. The summed E-state index contributed by atoms with van der Waals surface area (Å²) in [5.41, 5.74) is 2.69. The number of hydrogen-bond acceptors (Lipinski definition) is 4. The second kappa shape index (κ2) is 5.28. The van der Waals surface area contributed by atoms with E-state index >= 15 is 0 Å². The molecular weight excluding hydrogens is 264 g/mol. The lowest BCUT2D eigenvalue weighted by Gasteiger charge is -2.08. The summed E-state index contributed by atoms with van der Waals surface area (Å²) in [5.74, 6) is 0.326. The number of fused-ring (bicyclic) bond motifs is 1. The lowest BCUT2D eigenvalue weighted by atomic mass is 10.1. The fraction of sp³-hybridized carbons (Fsp3) is 0.125. The molecule has 0 unspecified atom stereocenters. The number of nitrogens with one attached hydrogen (secondary N) is 1. The number of aromatic nitrogens is 3. The van der Waals surface area contributed by atoms with Crippen molar-refractivity contribution in [2.24, 2.45) is 0 Å². The monoisotopic (exact) mass is 278 g/mol. The lowest BCUT2D eigenvalue weighted by molar-refractivity contribution is 0.102. The van der Waals surface area contributed by atoms with Crippen LogP contribution in [0, 0.1) is 13.8 Å². The maximum absolute atomic E-state index is 12.5. The smallest absolute Gasteiger partial charge is 0.275 e. The predicted octanol–water partition coefficient (Wildman–Crippen LogP) is 2.89. The van der Waals surface area contributed by atoms with Crippen LogP contribution in [-0.2, 0) is 0 Å². The zero-order valence-corrected chi connectivity index (χ0v) is 11.8. The van der Waals surface area contributed by atoms with Gasteiger partial charge in [0.2, 0.25) is 0 Å². The number of pyridine rings is 1. The number of carbonyl (C=O) groups is 1. The van der Waals surface area contributed by atoms with Crippen molar-refractivity contribution < 1.29 is 4.79 Å². The van der Waals surface area contributed by atoms with E-state index in [9.17, 15) is 4.79 Å². The molecule has 0 saturated carbocycles. The highest BCUT2D eigenvalue weighted by Crippen LogP contribution is 2.17. The molecule has 0 saturated heterocycles. The third-order valence-electron chi connectivity index (χ3n) is 3.08. The van der Waals surface area contributed by atoms with Crippen molar-refractivity contribution in [2.45, 2.75) is 13.8 Å². The first-order valence-corrected chi connectivity index (χ1v) is 6.61. The van der Waals surface area contributed by atoms with Crippen LogP contribution in [0.25, 0.3) is 10.9 Å². The van der Waals surface area contributed by atoms with Crippen LogP contribution in [0.2, 0.25) is 0 Å². The predicted molar refractivity (Wildman–Crippen MR) is 81.2 cm³/mol. The van der Waals surface area contributed by atoms with E-state index in [1.54, 1.807) is 19.2 Å². The number of benzene rings is 1. The summed E-state index contributed by atoms with van der Waals surface area (Å²) in [7, 11) is 0. The Hall–Kier alpha value is -2.82. The van der Waals surface area contributed by atoms with Crippen LogP contribution in [0.1, 0.15) is 22.0 Å². The number of amides is 1. The molecule has 3 aromatic rings.